The number of allylic oxidation sites excluding steroid dienone is 5. The lowest BCUT2D eigenvalue weighted by atomic mass is 9.62. The van der Waals surface area contributed by atoms with Crippen LogP contribution in [0.1, 0.15) is 22.3 Å². The maximum absolute atomic E-state index is 8.35. The van der Waals surface area contributed by atoms with Crippen molar-refractivity contribution in [1.29, 1.82) is 0 Å². The van der Waals surface area contributed by atoms with Gasteiger partial charge in [0, 0.05) is 5.92 Å². The summed E-state index contributed by atoms with van der Waals surface area (Å²) in [6, 6.07) is 52.0. The first-order valence-electron chi connectivity index (χ1n) is 14.9. The second kappa shape index (κ2) is 10.4. The van der Waals surface area contributed by atoms with E-state index in [0.29, 0.717) is 0 Å². The predicted molar refractivity (Wildman–Crippen MR) is 182 cm³/mol. The van der Waals surface area contributed by atoms with Gasteiger partial charge < -0.3 is 0 Å². The van der Waals surface area contributed by atoms with E-state index in [2.05, 4.69) is 170 Å². The minimum Gasteiger partial charge on any atom is -0.108 e. The molecule has 204 valence electrons. The molecule has 2 aliphatic rings. The van der Waals surface area contributed by atoms with E-state index in [9.17, 15) is 0 Å². The van der Waals surface area contributed by atoms with Gasteiger partial charge in [-0.3, -0.25) is 0 Å². The lowest BCUT2D eigenvalue weighted by Gasteiger charge is -2.45. The minimum absolute atomic E-state index is 0.0727. The Hall–Kier alpha value is -4.91. The number of rotatable bonds is 4. The summed E-state index contributed by atoms with van der Waals surface area (Å²) in [4.78, 5) is -0.857. The Morgan fingerprint density at radius 1 is 0.465 bits per heavy atom. The molecule has 0 N–H and O–H groups in total. The maximum Gasteiger partial charge on any atom is 0.106 e. The zero-order valence-corrected chi connectivity index (χ0v) is 24.4. The van der Waals surface area contributed by atoms with Gasteiger partial charge in [-0.25, -0.2) is 0 Å². The fourth-order valence-electron chi connectivity index (χ4n) is 7.21. The molecule has 0 fully saturated rings. The van der Waals surface area contributed by atoms with Crippen LogP contribution in [0.3, 0.4) is 0 Å². The fraction of sp³-hybridized carbons (Fsp3) is 0.0476. The molecule has 0 amide bonds. The van der Waals surface area contributed by atoms with Crippen LogP contribution in [0.2, 0.25) is 0 Å². The quantitative estimate of drug-likeness (QED) is 0.185. The molecule has 8 rings (SSSR count). The highest BCUT2D eigenvalue weighted by molar-refractivity contribution is 6.30. The molecular formula is C42H29Cl. The molecular weight excluding hydrogens is 540 g/mol. The van der Waals surface area contributed by atoms with Gasteiger partial charge in [0.1, 0.15) is 4.87 Å². The van der Waals surface area contributed by atoms with Crippen LogP contribution in [0, 0.1) is 5.92 Å². The Balaban J connectivity index is 1.68. The second-order valence-electron chi connectivity index (χ2n) is 11.3. The van der Waals surface area contributed by atoms with Crippen LogP contribution in [0.15, 0.2) is 175 Å². The molecule has 2 atom stereocenters. The summed E-state index contributed by atoms with van der Waals surface area (Å²) in [6.07, 6.45) is 8.89. The Morgan fingerprint density at radius 2 is 0.953 bits per heavy atom. The molecule has 2 aliphatic carbocycles. The predicted octanol–water partition coefficient (Wildman–Crippen LogP) is 11.2. The highest BCUT2D eigenvalue weighted by Crippen LogP contribution is 2.61. The number of halogens is 1. The molecule has 6 aromatic carbocycles. The maximum atomic E-state index is 8.35. The molecule has 1 heteroatoms. The van der Waals surface area contributed by atoms with Crippen molar-refractivity contribution in [3.05, 3.63) is 198 Å². The third-order valence-corrected chi connectivity index (χ3v) is 9.60. The van der Waals surface area contributed by atoms with Crippen LogP contribution in [-0.2, 0) is 4.87 Å². The molecule has 0 aromatic heterocycles. The standard InChI is InChI=1S/C42H29Cl/c43-42(32-23-11-4-12-24-32)36-28-16-15-27-35(36)38(30-19-7-2-8-20-30)40-37(29-17-5-1-6-18-29)33-25-13-14-26-34(33)39(41(40)42)31-21-9-3-10-22-31/h1-28,36H. The minimum atomic E-state index is -0.857. The third kappa shape index (κ3) is 3.98. The van der Waals surface area contributed by atoms with E-state index < -0.39 is 4.87 Å². The van der Waals surface area contributed by atoms with Gasteiger partial charge in [-0.1, -0.05) is 170 Å². The van der Waals surface area contributed by atoms with Crippen molar-refractivity contribution in [3.8, 4) is 22.3 Å². The Kier molecular flexibility index (Phi) is 6.25. The zero-order valence-electron chi connectivity index (χ0n) is 23.6. The monoisotopic (exact) mass is 568 g/mol. The van der Waals surface area contributed by atoms with Gasteiger partial charge in [0.25, 0.3) is 0 Å². The van der Waals surface area contributed by atoms with E-state index in [1.807, 2.05) is 0 Å². The number of hydrogen-bond acceptors (Lipinski definition) is 0. The van der Waals surface area contributed by atoms with Crippen molar-refractivity contribution in [2.24, 2.45) is 5.92 Å². The molecule has 0 saturated heterocycles. The van der Waals surface area contributed by atoms with Gasteiger partial charge in [-0.05, 0) is 66.4 Å². The molecule has 0 heterocycles. The highest BCUT2D eigenvalue weighted by atomic mass is 35.5. The van der Waals surface area contributed by atoms with Gasteiger partial charge in [-0.2, -0.15) is 0 Å². The number of fused-ring (bicyclic) bond motifs is 3. The average molecular weight is 569 g/mol. The van der Waals surface area contributed by atoms with Crippen LogP contribution in [0.25, 0.3) is 38.6 Å². The summed E-state index contributed by atoms with van der Waals surface area (Å²) >= 11 is 8.35. The fourth-order valence-corrected chi connectivity index (χ4v) is 7.71. The molecule has 43 heavy (non-hydrogen) atoms. The Labute approximate surface area is 257 Å². The lowest BCUT2D eigenvalue weighted by Crippen LogP contribution is -2.37. The van der Waals surface area contributed by atoms with Crippen molar-refractivity contribution in [2.75, 3.05) is 0 Å². The molecule has 0 radical (unpaired) electrons. The molecule has 0 spiro atoms. The zero-order chi connectivity index (χ0) is 28.8. The van der Waals surface area contributed by atoms with Gasteiger partial charge in [0.05, 0.1) is 0 Å². The van der Waals surface area contributed by atoms with Gasteiger partial charge in [0.15, 0.2) is 0 Å². The normalized spacial score (nSPS) is 18.9. The van der Waals surface area contributed by atoms with Crippen LogP contribution < -0.4 is 0 Å². The number of alkyl halides is 1. The Bertz CT molecular complexity index is 2050. The summed E-state index contributed by atoms with van der Waals surface area (Å²) in [6.45, 7) is 0. The largest absolute Gasteiger partial charge is 0.108 e. The average Bonchev–Trinajstić information content (AvgIpc) is 3.09. The smallest absolute Gasteiger partial charge is 0.106 e. The van der Waals surface area contributed by atoms with Gasteiger partial charge in [0.2, 0.25) is 0 Å². The topological polar surface area (TPSA) is 0 Å². The first-order valence-corrected chi connectivity index (χ1v) is 15.2. The third-order valence-electron chi connectivity index (χ3n) is 8.95. The van der Waals surface area contributed by atoms with Crippen molar-refractivity contribution in [1.82, 2.24) is 0 Å². The molecule has 6 aromatic rings. The molecule has 2 unspecified atom stereocenters. The Morgan fingerprint density at radius 3 is 1.56 bits per heavy atom. The van der Waals surface area contributed by atoms with Crippen LogP contribution >= 0.6 is 11.6 Å². The first-order chi connectivity index (χ1) is 21.3. The van der Waals surface area contributed by atoms with E-state index in [4.69, 9.17) is 11.6 Å². The summed E-state index contributed by atoms with van der Waals surface area (Å²) in [7, 11) is 0. The summed E-state index contributed by atoms with van der Waals surface area (Å²) in [5.74, 6) is -0.0727. The van der Waals surface area contributed by atoms with E-state index in [1.54, 1.807) is 0 Å². The molecule has 0 nitrogen and oxygen atoms in total. The first kappa shape index (κ1) is 25.8. The highest BCUT2D eigenvalue weighted by Gasteiger charge is 2.49. The lowest BCUT2D eigenvalue weighted by molar-refractivity contribution is 0.584. The van der Waals surface area contributed by atoms with Crippen molar-refractivity contribution < 1.29 is 0 Å². The molecule has 0 saturated carbocycles. The van der Waals surface area contributed by atoms with Gasteiger partial charge in [-0.15, -0.1) is 11.6 Å². The van der Waals surface area contributed by atoms with Crippen molar-refractivity contribution in [2.45, 2.75) is 4.87 Å². The van der Waals surface area contributed by atoms with E-state index >= 15 is 0 Å². The van der Waals surface area contributed by atoms with Crippen LogP contribution in [-0.4, -0.2) is 0 Å². The number of hydrogen-bond donors (Lipinski definition) is 0. The molecule has 0 aliphatic heterocycles. The molecule has 0 bridgehead atoms. The SMILES string of the molecule is ClC1(c2ccccc2)c2c(c(-c3ccccc3)c3ccccc3c2-c2ccccc2)C(c2ccccc2)=C2C=CC=CC21. The van der Waals surface area contributed by atoms with Crippen molar-refractivity contribution >= 4 is 27.9 Å². The summed E-state index contributed by atoms with van der Waals surface area (Å²) < 4.78 is 0. The van der Waals surface area contributed by atoms with Crippen LogP contribution in [0.5, 0.6) is 0 Å². The van der Waals surface area contributed by atoms with E-state index in [1.165, 1.54) is 55.3 Å². The second-order valence-corrected chi connectivity index (χ2v) is 11.9. The van der Waals surface area contributed by atoms with E-state index in [-0.39, 0.29) is 5.92 Å². The van der Waals surface area contributed by atoms with Crippen LogP contribution in [0.4, 0.5) is 0 Å². The number of benzene rings is 6. The van der Waals surface area contributed by atoms with Crippen molar-refractivity contribution in [3.63, 3.8) is 0 Å². The summed E-state index contributed by atoms with van der Waals surface area (Å²) in [5.41, 5.74) is 11.9. The van der Waals surface area contributed by atoms with E-state index in [0.717, 1.165) is 11.1 Å². The summed E-state index contributed by atoms with van der Waals surface area (Å²) in [5, 5.41) is 2.43. The van der Waals surface area contributed by atoms with Gasteiger partial charge >= 0.3 is 0 Å².